The van der Waals surface area contributed by atoms with Crippen LogP contribution in [0.2, 0.25) is 5.02 Å². The van der Waals surface area contributed by atoms with E-state index in [9.17, 15) is 18.0 Å². The first-order chi connectivity index (χ1) is 21.6. The number of nitrogens with one attached hydrogen (secondary N) is 1. The molecule has 10 heteroatoms. The summed E-state index contributed by atoms with van der Waals surface area (Å²) in [6, 6.07) is 28.9. The molecule has 4 aromatic rings. The van der Waals surface area contributed by atoms with Crippen LogP contribution >= 0.6 is 27.5 Å². The number of sulfonamides is 1. The van der Waals surface area contributed by atoms with Crippen molar-refractivity contribution in [2.45, 2.75) is 50.6 Å². The molecule has 0 spiro atoms. The standard InChI is InChI=1S/C35H37BrClN3O4S/c1-3-4-21-38-35(42)33(23-27-9-6-5-7-10-27)39(24-28-11-8-12-29(36)22-28)34(41)25-40(31-17-15-30(37)16-18-31)45(43,44)32-19-13-26(2)14-20-32/h5-20,22,33H,3-4,21,23-25H2,1-2H3,(H,38,42)/t33-/m1/s1. The van der Waals surface area contributed by atoms with Gasteiger partial charge in [-0.15, -0.1) is 0 Å². The van der Waals surface area contributed by atoms with Gasteiger partial charge in [-0.25, -0.2) is 8.42 Å². The average Bonchev–Trinajstić information content (AvgIpc) is 3.02. The molecular formula is C35H37BrClN3O4S. The van der Waals surface area contributed by atoms with Gasteiger partial charge in [-0.2, -0.15) is 0 Å². The van der Waals surface area contributed by atoms with Gasteiger partial charge in [-0.05, 0) is 73.0 Å². The second-order valence-corrected chi connectivity index (χ2v) is 14.0. The van der Waals surface area contributed by atoms with Gasteiger partial charge in [0.05, 0.1) is 10.6 Å². The third kappa shape index (κ3) is 9.42. The number of anilines is 1. The number of halogens is 2. The van der Waals surface area contributed by atoms with E-state index >= 15 is 0 Å². The number of hydrogen-bond acceptors (Lipinski definition) is 4. The predicted octanol–water partition coefficient (Wildman–Crippen LogP) is 7.16. The number of rotatable bonds is 14. The number of hydrogen-bond donors (Lipinski definition) is 1. The van der Waals surface area contributed by atoms with E-state index in [2.05, 4.69) is 21.2 Å². The molecule has 0 radical (unpaired) electrons. The van der Waals surface area contributed by atoms with Crippen LogP contribution in [0, 0.1) is 6.92 Å². The maximum absolute atomic E-state index is 14.5. The molecule has 0 saturated carbocycles. The third-order valence-corrected chi connectivity index (χ3v) is 9.88. The number of benzene rings is 4. The molecule has 0 bridgehead atoms. The van der Waals surface area contributed by atoms with Crippen LogP contribution in [0.5, 0.6) is 0 Å². The van der Waals surface area contributed by atoms with Crippen LogP contribution in [0.15, 0.2) is 112 Å². The van der Waals surface area contributed by atoms with Crippen molar-refractivity contribution in [2.24, 2.45) is 0 Å². The average molecular weight is 711 g/mol. The highest BCUT2D eigenvalue weighted by Crippen LogP contribution is 2.27. The second-order valence-electron chi connectivity index (χ2n) is 10.8. The molecule has 4 aromatic carbocycles. The van der Waals surface area contributed by atoms with Gasteiger partial charge in [0.1, 0.15) is 12.6 Å². The fourth-order valence-electron chi connectivity index (χ4n) is 4.87. The van der Waals surface area contributed by atoms with E-state index in [1.165, 1.54) is 17.0 Å². The van der Waals surface area contributed by atoms with Crippen molar-refractivity contribution < 1.29 is 18.0 Å². The normalized spacial score (nSPS) is 11.9. The number of amides is 2. The molecule has 7 nitrogen and oxygen atoms in total. The number of carbonyl (C=O) groups is 2. The molecule has 4 rings (SSSR count). The largest absolute Gasteiger partial charge is 0.354 e. The Morgan fingerprint density at radius 2 is 1.56 bits per heavy atom. The summed E-state index contributed by atoms with van der Waals surface area (Å²) in [6.45, 7) is 3.94. The lowest BCUT2D eigenvalue weighted by molar-refractivity contribution is -0.140. The molecule has 2 amide bonds. The maximum atomic E-state index is 14.5. The van der Waals surface area contributed by atoms with E-state index < -0.39 is 28.5 Å². The van der Waals surface area contributed by atoms with Gasteiger partial charge in [0.25, 0.3) is 10.0 Å². The minimum Gasteiger partial charge on any atom is -0.354 e. The molecule has 1 N–H and O–H groups in total. The topological polar surface area (TPSA) is 86.8 Å². The molecule has 0 unspecified atom stereocenters. The Bertz CT molecular complexity index is 1680. The fourth-order valence-corrected chi connectivity index (χ4v) is 6.85. The summed E-state index contributed by atoms with van der Waals surface area (Å²) >= 11 is 9.64. The summed E-state index contributed by atoms with van der Waals surface area (Å²) in [7, 11) is -4.18. The van der Waals surface area contributed by atoms with E-state index in [0.717, 1.165) is 38.3 Å². The molecule has 0 aliphatic carbocycles. The van der Waals surface area contributed by atoms with Gasteiger partial charge >= 0.3 is 0 Å². The zero-order valence-corrected chi connectivity index (χ0v) is 28.5. The smallest absolute Gasteiger partial charge is 0.264 e. The van der Waals surface area contributed by atoms with Gasteiger partial charge in [0.15, 0.2) is 0 Å². The minimum atomic E-state index is -4.18. The molecule has 1 atom stereocenters. The van der Waals surface area contributed by atoms with E-state index in [4.69, 9.17) is 11.6 Å². The third-order valence-electron chi connectivity index (χ3n) is 7.35. The highest BCUT2D eigenvalue weighted by molar-refractivity contribution is 9.10. The second kappa shape index (κ2) is 16.1. The minimum absolute atomic E-state index is 0.0486. The highest BCUT2D eigenvalue weighted by Gasteiger charge is 2.34. The first-order valence-electron chi connectivity index (χ1n) is 14.8. The van der Waals surface area contributed by atoms with Gasteiger partial charge in [0, 0.05) is 29.0 Å². The van der Waals surface area contributed by atoms with Crippen molar-refractivity contribution in [3.63, 3.8) is 0 Å². The fraction of sp³-hybridized carbons (Fsp3) is 0.257. The van der Waals surface area contributed by atoms with Crippen molar-refractivity contribution in [1.82, 2.24) is 10.2 Å². The van der Waals surface area contributed by atoms with Crippen LogP contribution in [-0.2, 0) is 32.6 Å². The molecule has 0 fully saturated rings. The number of unbranched alkanes of at least 4 members (excludes halogenated alkanes) is 1. The number of carbonyl (C=O) groups excluding carboxylic acids is 2. The summed E-state index contributed by atoms with van der Waals surface area (Å²) in [5.74, 6) is -0.817. The van der Waals surface area contributed by atoms with Crippen molar-refractivity contribution in [1.29, 1.82) is 0 Å². The van der Waals surface area contributed by atoms with Crippen molar-refractivity contribution in [3.05, 3.63) is 129 Å². The van der Waals surface area contributed by atoms with Gasteiger partial charge < -0.3 is 10.2 Å². The van der Waals surface area contributed by atoms with Crippen LogP contribution in [0.4, 0.5) is 5.69 Å². The molecule has 45 heavy (non-hydrogen) atoms. The Morgan fingerprint density at radius 3 is 2.20 bits per heavy atom. The van der Waals surface area contributed by atoms with E-state index in [-0.39, 0.29) is 29.5 Å². The van der Waals surface area contributed by atoms with Crippen LogP contribution in [0.25, 0.3) is 0 Å². The van der Waals surface area contributed by atoms with Crippen LogP contribution in [0.1, 0.15) is 36.5 Å². The zero-order chi connectivity index (χ0) is 32.4. The predicted molar refractivity (Wildman–Crippen MR) is 184 cm³/mol. The Kier molecular flexibility index (Phi) is 12.2. The summed E-state index contributed by atoms with van der Waals surface area (Å²) in [5, 5.41) is 3.43. The van der Waals surface area contributed by atoms with Crippen molar-refractivity contribution in [3.8, 4) is 0 Å². The lowest BCUT2D eigenvalue weighted by Crippen LogP contribution is -2.53. The first-order valence-corrected chi connectivity index (χ1v) is 17.4. The summed E-state index contributed by atoms with van der Waals surface area (Å²) < 4.78 is 30.1. The molecule has 236 valence electrons. The summed E-state index contributed by atoms with van der Waals surface area (Å²) in [5.41, 5.74) is 2.85. The SMILES string of the molecule is CCCCNC(=O)[C@@H](Cc1ccccc1)N(Cc1cccc(Br)c1)C(=O)CN(c1ccc(Cl)cc1)S(=O)(=O)c1ccc(C)cc1. The van der Waals surface area contributed by atoms with Crippen LogP contribution < -0.4 is 9.62 Å². The van der Waals surface area contributed by atoms with E-state index in [0.29, 0.717) is 11.6 Å². The first kappa shape index (κ1) is 34.2. The quantitative estimate of drug-likeness (QED) is 0.141. The Hall–Kier alpha value is -3.66. The highest BCUT2D eigenvalue weighted by atomic mass is 79.9. The van der Waals surface area contributed by atoms with E-state index in [1.54, 1.807) is 36.4 Å². The zero-order valence-electron chi connectivity index (χ0n) is 25.3. The molecule has 0 aliphatic heterocycles. The number of aryl methyl sites for hydroxylation is 1. The summed E-state index contributed by atoms with van der Waals surface area (Å²) in [4.78, 5) is 29.8. The van der Waals surface area contributed by atoms with Gasteiger partial charge in [-0.3, -0.25) is 13.9 Å². The monoisotopic (exact) mass is 709 g/mol. The maximum Gasteiger partial charge on any atom is 0.264 e. The molecule has 0 saturated heterocycles. The van der Waals surface area contributed by atoms with Crippen LogP contribution in [-0.4, -0.2) is 44.3 Å². The number of nitrogens with zero attached hydrogens (tertiary/aromatic N) is 2. The van der Waals surface area contributed by atoms with Gasteiger partial charge in [-0.1, -0.05) is 101 Å². The molecule has 0 aromatic heterocycles. The van der Waals surface area contributed by atoms with Crippen molar-refractivity contribution in [2.75, 3.05) is 17.4 Å². The Balaban J connectivity index is 1.78. The Labute approximate surface area is 279 Å². The van der Waals surface area contributed by atoms with Gasteiger partial charge in [0.2, 0.25) is 11.8 Å². The van der Waals surface area contributed by atoms with Crippen LogP contribution in [0.3, 0.4) is 0 Å². The molecule has 0 aliphatic rings. The molecular weight excluding hydrogens is 674 g/mol. The lowest BCUT2D eigenvalue weighted by atomic mass is 10.0. The molecule has 0 heterocycles. The summed E-state index contributed by atoms with van der Waals surface area (Å²) in [6.07, 6.45) is 1.95. The van der Waals surface area contributed by atoms with Crippen molar-refractivity contribution >= 4 is 55.1 Å². The Morgan fingerprint density at radius 1 is 0.889 bits per heavy atom. The lowest BCUT2D eigenvalue weighted by Gasteiger charge is -2.34. The van der Waals surface area contributed by atoms with E-state index in [1.807, 2.05) is 68.4 Å².